The molecule has 0 aliphatic heterocycles. The van der Waals surface area contributed by atoms with Gasteiger partial charge >= 0.3 is 5.69 Å². The summed E-state index contributed by atoms with van der Waals surface area (Å²) in [5.74, 6) is 0.448. The summed E-state index contributed by atoms with van der Waals surface area (Å²) in [7, 11) is 1.61. The molecule has 19 heavy (non-hydrogen) atoms. The van der Waals surface area contributed by atoms with Crippen molar-refractivity contribution in [2.75, 3.05) is 30.9 Å². The molecule has 1 rings (SSSR count). The predicted molar refractivity (Wildman–Crippen MR) is 72.4 cm³/mol. The average molecular weight is 269 g/mol. The number of ether oxygens (including phenoxy) is 1. The van der Waals surface area contributed by atoms with Gasteiger partial charge in [0.1, 0.15) is 6.33 Å². The van der Waals surface area contributed by atoms with Crippen molar-refractivity contribution >= 4 is 17.3 Å². The maximum Gasteiger partial charge on any atom is 0.353 e. The Morgan fingerprint density at radius 1 is 1.42 bits per heavy atom. The molecule has 0 saturated carbocycles. The van der Waals surface area contributed by atoms with Crippen LogP contribution in [0.15, 0.2) is 6.33 Å². The summed E-state index contributed by atoms with van der Waals surface area (Å²) >= 11 is 0. The van der Waals surface area contributed by atoms with E-state index in [1.54, 1.807) is 7.11 Å². The Morgan fingerprint density at radius 2 is 2.11 bits per heavy atom. The molecule has 0 bridgehead atoms. The molecule has 0 radical (unpaired) electrons. The number of nitro groups is 1. The van der Waals surface area contributed by atoms with Crippen LogP contribution in [0, 0.1) is 10.1 Å². The first kappa shape index (κ1) is 15.1. The van der Waals surface area contributed by atoms with Crippen molar-refractivity contribution in [1.29, 1.82) is 0 Å². The highest BCUT2D eigenvalue weighted by atomic mass is 16.6. The van der Waals surface area contributed by atoms with E-state index < -0.39 is 4.92 Å². The zero-order chi connectivity index (χ0) is 14.3. The first-order chi connectivity index (χ1) is 9.06. The molecule has 2 N–H and O–H groups in total. The number of aromatic nitrogens is 2. The summed E-state index contributed by atoms with van der Waals surface area (Å²) in [5, 5.41) is 17.0. The van der Waals surface area contributed by atoms with Crippen LogP contribution in [0.2, 0.25) is 0 Å². The van der Waals surface area contributed by atoms with Gasteiger partial charge in [0.15, 0.2) is 0 Å². The number of anilines is 2. The second kappa shape index (κ2) is 7.47. The highest BCUT2D eigenvalue weighted by Crippen LogP contribution is 2.29. The van der Waals surface area contributed by atoms with Gasteiger partial charge in [0.25, 0.3) is 0 Å². The van der Waals surface area contributed by atoms with Crippen molar-refractivity contribution in [2.45, 2.75) is 26.3 Å². The summed E-state index contributed by atoms with van der Waals surface area (Å²) in [5.41, 5.74) is -0.131. The Balaban J connectivity index is 2.87. The molecule has 8 heteroatoms. The minimum Gasteiger partial charge on any atom is -0.385 e. The Kier molecular flexibility index (Phi) is 5.94. The lowest BCUT2D eigenvalue weighted by molar-refractivity contribution is -0.383. The molecular weight excluding hydrogens is 250 g/mol. The third kappa shape index (κ3) is 4.66. The maximum atomic E-state index is 11.1. The van der Waals surface area contributed by atoms with Crippen LogP contribution in [0.25, 0.3) is 0 Å². The van der Waals surface area contributed by atoms with E-state index in [0.29, 0.717) is 13.2 Å². The van der Waals surface area contributed by atoms with Crippen molar-refractivity contribution in [3.63, 3.8) is 0 Å². The molecule has 0 unspecified atom stereocenters. The maximum absolute atomic E-state index is 11.1. The van der Waals surface area contributed by atoms with Crippen LogP contribution in [0.3, 0.4) is 0 Å². The van der Waals surface area contributed by atoms with Crippen LogP contribution in [0.5, 0.6) is 0 Å². The highest BCUT2D eigenvalue weighted by Gasteiger charge is 2.22. The largest absolute Gasteiger partial charge is 0.385 e. The van der Waals surface area contributed by atoms with Gasteiger partial charge in [-0.2, -0.15) is 0 Å². The molecule has 0 saturated heterocycles. The topological polar surface area (TPSA) is 102 Å². The van der Waals surface area contributed by atoms with Crippen molar-refractivity contribution in [1.82, 2.24) is 9.97 Å². The summed E-state index contributed by atoms with van der Waals surface area (Å²) < 4.78 is 4.91. The Morgan fingerprint density at radius 3 is 2.68 bits per heavy atom. The van der Waals surface area contributed by atoms with Crippen molar-refractivity contribution in [3.8, 4) is 0 Å². The van der Waals surface area contributed by atoms with Crippen molar-refractivity contribution < 1.29 is 9.66 Å². The van der Waals surface area contributed by atoms with Gasteiger partial charge in [0.05, 0.1) is 4.92 Å². The molecule has 0 aromatic carbocycles. The lowest BCUT2D eigenvalue weighted by atomic mass is 10.3. The van der Waals surface area contributed by atoms with Gasteiger partial charge < -0.3 is 15.4 Å². The number of nitrogens with zero attached hydrogens (tertiary/aromatic N) is 3. The fraction of sp³-hybridized carbons (Fsp3) is 0.636. The van der Waals surface area contributed by atoms with Crippen LogP contribution in [-0.2, 0) is 4.74 Å². The van der Waals surface area contributed by atoms with Gasteiger partial charge in [-0.3, -0.25) is 10.1 Å². The molecule has 1 aromatic heterocycles. The van der Waals surface area contributed by atoms with Crippen LogP contribution < -0.4 is 10.6 Å². The van der Waals surface area contributed by atoms with Crippen LogP contribution in [-0.4, -0.2) is 41.2 Å². The molecule has 106 valence electrons. The fourth-order valence-electron chi connectivity index (χ4n) is 1.48. The van der Waals surface area contributed by atoms with Gasteiger partial charge in [-0.1, -0.05) is 0 Å². The average Bonchev–Trinajstić information content (AvgIpc) is 2.33. The standard InChI is InChI=1S/C11H19N5O3/c1-8(2)15-11-9(16(17)18)10(13-7-14-11)12-5-4-6-19-3/h7-8H,4-6H2,1-3H3,(H2,12,13,14,15). The minimum absolute atomic E-state index is 0.0509. The molecule has 8 nitrogen and oxygen atoms in total. The van der Waals surface area contributed by atoms with Gasteiger partial charge in [-0.05, 0) is 20.3 Å². The summed E-state index contributed by atoms with van der Waals surface area (Å²) in [6.45, 7) is 4.91. The second-order valence-corrected chi connectivity index (χ2v) is 4.25. The lowest BCUT2D eigenvalue weighted by Crippen LogP contribution is -2.15. The van der Waals surface area contributed by atoms with Crippen molar-refractivity contribution in [2.24, 2.45) is 0 Å². The zero-order valence-electron chi connectivity index (χ0n) is 11.3. The molecule has 0 spiro atoms. The zero-order valence-corrected chi connectivity index (χ0v) is 11.3. The molecule has 0 amide bonds. The van der Waals surface area contributed by atoms with E-state index in [-0.39, 0.29) is 23.4 Å². The van der Waals surface area contributed by atoms with E-state index in [2.05, 4.69) is 20.6 Å². The SMILES string of the molecule is COCCCNc1ncnc(NC(C)C)c1[N+](=O)[O-]. The van der Waals surface area contributed by atoms with Crippen LogP contribution in [0.1, 0.15) is 20.3 Å². The molecule has 1 aromatic rings. The second-order valence-electron chi connectivity index (χ2n) is 4.25. The molecule has 0 aliphatic carbocycles. The van der Waals surface area contributed by atoms with Gasteiger partial charge in [-0.15, -0.1) is 0 Å². The quantitative estimate of drug-likeness (QED) is 0.420. The van der Waals surface area contributed by atoms with Crippen molar-refractivity contribution in [3.05, 3.63) is 16.4 Å². The summed E-state index contributed by atoms with van der Waals surface area (Å²) in [6, 6.07) is 0.0509. The summed E-state index contributed by atoms with van der Waals surface area (Å²) in [6.07, 6.45) is 2.04. The minimum atomic E-state index is -0.483. The Hall–Kier alpha value is -1.96. The lowest BCUT2D eigenvalue weighted by Gasteiger charge is -2.11. The van der Waals surface area contributed by atoms with E-state index in [1.807, 2.05) is 13.8 Å². The summed E-state index contributed by atoms with van der Waals surface area (Å²) in [4.78, 5) is 18.5. The number of methoxy groups -OCH3 is 1. The Bertz CT molecular complexity index is 425. The number of nitrogens with one attached hydrogen (secondary N) is 2. The van der Waals surface area contributed by atoms with E-state index in [9.17, 15) is 10.1 Å². The predicted octanol–water partition coefficient (Wildman–Crippen LogP) is 1.65. The van der Waals surface area contributed by atoms with E-state index in [1.165, 1.54) is 6.33 Å². The third-order valence-electron chi connectivity index (χ3n) is 2.25. The first-order valence-electron chi connectivity index (χ1n) is 6.05. The fourth-order valence-corrected chi connectivity index (χ4v) is 1.48. The number of hydrogen-bond donors (Lipinski definition) is 2. The molecular formula is C11H19N5O3. The third-order valence-corrected chi connectivity index (χ3v) is 2.25. The monoisotopic (exact) mass is 269 g/mol. The Labute approximate surface area is 111 Å². The van der Waals surface area contributed by atoms with Gasteiger partial charge in [0, 0.05) is 26.3 Å². The van der Waals surface area contributed by atoms with Crippen LogP contribution >= 0.6 is 0 Å². The van der Waals surface area contributed by atoms with E-state index >= 15 is 0 Å². The van der Waals surface area contributed by atoms with E-state index in [4.69, 9.17) is 4.74 Å². The van der Waals surface area contributed by atoms with Crippen LogP contribution in [0.4, 0.5) is 17.3 Å². The smallest absolute Gasteiger partial charge is 0.353 e. The molecule has 0 atom stereocenters. The normalized spacial score (nSPS) is 10.5. The molecule has 1 heterocycles. The number of hydrogen-bond acceptors (Lipinski definition) is 7. The van der Waals surface area contributed by atoms with Gasteiger partial charge in [-0.25, -0.2) is 9.97 Å². The van der Waals surface area contributed by atoms with Gasteiger partial charge in [0.2, 0.25) is 11.6 Å². The number of rotatable bonds is 8. The molecule has 0 fully saturated rings. The highest BCUT2D eigenvalue weighted by molar-refractivity contribution is 5.69. The van der Waals surface area contributed by atoms with E-state index in [0.717, 1.165) is 6.42 Å². The first-order valence-corrected chi connectivity index (χ1v) is 6.05. The molecule has 0 aliphatic rings.